The second-order valence-corrected chi connectivity index (χ2v) is 6.48. The van der Waals surface area contributed by atoms with E-state index >= 15 is 0 Å². The van der Waals surface area contributed by atoms with E-state index in [0.717, 1.165) is 11.9 Å². The highest BCUT2D eigenvalue weighted by Crippen LogP contribution is 2.35. The molecule has 108 valence electrons. The van der Waals surface area contributed by atoms with Crippen molar-refractivity contribution in [2.24, 2.45) is 5.73 Å². The summed E-state index contributed by atoms with van der Waals surface area (Å²) in [5.41, 5.74) is 10.0. The molecule has 3 nitrogen and oxygen atoms in total. The van der Waals surface area contributed by atoms with E-state index in [1.165, 1.54) is 36.2 Å². The molecule has 2 N–H and O–H groups in total. The fraction of sp³-hybridized carbons (Fsp3) is 0.588. The standard InChI is InChI=1S/C17H25N3/c1-11(2)20-16-9-8-12(3)10-15(16)19-17(20)13-6-4-5-7-14(13)18/h8-11,13-14H,4-7,18H2,1-3H3. The van der Waals surface area contributed by atoms with Gasteiger partial charge in [-0.3, -0.25) is 0 Å². The summed E-state index contributed by atoms with van der Waals surface area (Å²) in [7, 11) is 0. The fourth-order valence-corrected chi connectivity index (χ4v) is 3.51. The summed E-state index contributed by atoms with van der Waals surface area (Å²) in [5, 5.41) is 0. The molecule has 2 atom stereocenters. The molecular formula is C17H25N3. The first-order valence-corrected chi connectivity index (χ1v) is 7.82. The van der Waals surface area contributed by atoms with Crippen LogP contribution in [-0.4, -0.2) is 15.6 Å². The van der Waals surface area contributed by atoms with E-state index in [2.05, 4.69) is 43.5 Å². The molecule has 0 spiro atoms. The van der Waals surface area contributed by atoms with Gasteiger partial charge >= 0.3 is 0 Å². The predicted molar refractivity (Wildman–Crippen MR) is 84.0 cm³/mol. The molecule has 1 aliphatic rings. The number of fused-ring (bicyclic) bond motifs is 1. The molecule has 1 fully saturated rings. The molecule has 1 aromatic carbocycles. The lowest BCUT2D eigenvalue weighted by atomic mass is 9.84. The quantitative estimate of drug-likeness (QED) is 0.900. The Labute approximate surface area is 121 Å². The molecule has 1 aliphatic carbocycles. The zero-order valence-electron chi connectivity index (χ0n) is 12.8. The monoisotopic (exact) mass is 271 g/mol. The second-order valence-electron chi connectivity index (χ2n) is 6.48. The minimum absolute atomic E-state index is 0.263. The van der Waals surface area contributed by atoms with Gasteiger partial charge in [0.05, 0.1) is 11.0 Å². The average molecular weight is 271 g/mol. The van der Waals surface area contributed by atoms with Crippen LogP contribution in [0, 0.1) is 6.92 Å². The Hall–Kier alpha value is -1.35. The molecule has 1 heterocycles. The van der Waals surface area contributed by atoms with E-state index < -0.39 is 0 Å². The van der Waals surface area contributed by atoms with Crippen molar-refractivity contribution in [2.75, 3.05) is 0 Å². The van der Waals surface area contributed by atoms with Crippen LogP contribution in [0.1, 0.15) is 62.9 Å². The second kappa shape index (κ2) is 5.21. The summed E-state index contributed by atoms with van der Waals surface area (Å²) < 4.78 is 2.39. The van der Waals surface area contributed by atoms with Gasteiger partial charge in [0.15, 0.2) is 0 Å². The molecule has 2 unspecified atom stereocenters. The van der Waals surface area contributed by atoms with Gasteiger partial charge in [-0.15, -0.1) is 0 Å². The van der Waals surface area contributed by atoms with Gasteiger partial charge in [-0.05, 0) is 51.3 Å². The van der Waals surface area contributed by atoms with E-state index in [1.54, 1.807) is 0 Å². The molecule has 3 heteroatoms. The SMILES string of the molecule is Cc1ccc2c(c1)nc(C1CCCCC1N)n2C(C)C. The number of rotatable bonds is 2. The molecule has 0 saturated heterocycles. The van der Waals surface area contributed by atoms with Crippen LogP contribution in [0.4, 0.5) is 0 Å². The molecule has 0 aliphatic heterocycles. The molecule has 0 radical (unpaired) electrons. The number of hydrogen-bond acceptors (Lipinski definition) is 2. The Morgan fingerprint density at radius 2 is 2.00 bits per heavy atom. The third kappa shape index (κ3) is 2.24. The number of imidazole rings is 1. The highest BCUT2D eigenvalue weighted by molar-refractivity contribution is 5.77. The smallest absolute Gasteiger partial charge is 0.114 e. The van der Waals surface area contributed by atoms with Gasteiger partial charge in [0, 0.05) is 18.0 Å². The van der Waals surface area contributed by atoms with Crippen LogP contribution in [0.5, 0.6) is 0 Å². The van der Waals surface area contributed by atoms with Crippen molar-refractivity contribution in [3.05, 3.63) is 29.6 Å². The fourth-order valence-electron chi connectivity index (χ4n) is 3.51. The Morgan fingerprint density at radius 3 is 2.70 bits per heavy atom. The Balaban J connectivity index is 2.15. The number of aryl methyl sites for hydroxylation is 1. The number of nitrogens with zero attached hydrogens (tertiary/aromatic N) is 2. The largest absolute Gasteiger partial charge is 0.327 e. The van der Waals surface area contributed by atoms with Crippen molar-refractivity contribution in [3.63, 3.8) is 0 Å². The van der Waals surface area contributed by atoms with Gasteiger partial charge in [0.25, 0.3) is 0 Å². The highest BCUT2D eigenvalue weighted by Gasteiger charge is 2.29. The third-order valence-electron chi connectivity index (χ3n) is 4.54. The Morgan fingerprint density at radius 1 is 1.25 bits per heavy atom. The topological polar surface area (TPSA) is 43.8 Å². The molecular weight excluding hydrogens is 246 g/mol. The van der Waals surface area contributed by atoms with Gasteiger partial charge in [-0.25, -0.2) is 4.98 Å². The van der Waals surface area contributed by atoms with Crippen LogP contribution in [-0.2, 0) is 0 Å². The first kappa shape index (κ1) is 13.6. The summed E-state index contributed by atoms with van der Waals surface area (Å²) in [5.74, 6) is 1.62. The maximum absolute atomic E-state index is 6.38. The van der Waals surface area contributed by atoms with E-state index in [0.29, 0.717) is 12.0 Å². The molecule has 1 saturated carbocycles. The molecule has 20 heavy (non-hydrogen) atoms. The Bertz CT molecular complexity index is 612. The number of aromatic nitrogens is 2. The lowest BCUT2D eigenvalue weighted by Crippen LogP contribution is -2.33. The summed E-state index contributed by atoms with van der Waals surface area (Å²) in [6.07, 6.45) is 4.85. The van der Waals surface area contributed by atoms with Gasteiger partial charge < -0.3 is 10.3 Å². The highest BCUT2D eigenvalue weighted by atomic mass is 15.1. The van der Waals surface area contributed by atoms with Crippen molar-refractivity contribution in [3.8, 4) is 0 Å². The zero-order chi connectivity index (χ0) is 14.3. The summed E-state index contributed by atoms with van der Waals surface area (Å²) in [4.78, 5) is 4.95. The van der Waals surface area contributed by atoms with E-state index in [1.807, 2.05) is 0 Å². The minimum Gasteiger partial charge on any atom is -0.327 e. The van der Waals surface area contributed by atoms with Crippen LogP contribution in [0.2, 0.25) is 0 Å². The predicted octanol–water partition coefficient (Wildman–Crippen LogP) is 3.91. The maximum Gasteiger partial charge on any atom is 0.114 e. The first-order chi connectivity index (χ1) is 9.58. The van der Waals surface area contributed by atoms with Crippen LogP contribution in [0.15, 0.2) is 18.2 Å². The van der Waals surface area contributed by atoms with Gasteiger partial charge in [-0.2, -0.15) is 0 Å². The normalized spacial score (nSPS) is 23.6. The minimum atomic E-state index is 0.263. The summed E-state index contributed by atoms with van der Waals surface area (Å²) in [6.45, 7) is 6.59. The van der Waals surface area contributed by atoms with Crippen molar-refractivity contribution < 1.29 is 0 Å². The van der Waals surface area contributed by atoms with Crippen LogP contribution >= 0.6 is 0 Å². The van der Waals surface area contributed by atoms with Crippen LogP contribution in [0.25, 0.3) is 11.0 Å². The summed E-state index contributed by atoms with van der Waals surface area (Å²) >= 11 is 0. The molecule has 2 aromatic rings. The molecule has 3 rings (SSSR count). The molecule has 0 bridgehead atoms. The number of hydrogen-bond donors (Lipinski definition) is 1. The molecule has 1 aromatic heterocycles. The van der Waals surface area contributed by atoms with Crippen molar-refractivity contribution in [2.45, 2.75) is 64.5 Å². The first-order valence-electron chi connectivity index (χ1n) is 7.82. The van der Waals surface area contributed by atoms with Crippen molar-refractivity contribution >= 4 is 11.0 Å². The lowest BCUT2D eigenvalue weighted by molar-refractivity contribution is 0.360. The van der Waals surface area contributed by atoms with E-state index in [4.69, 9.17) is 10.7 Å². The van der Waals surface area contributed by atoms with Gasteiger partial charge in [0.1, 0.15) is 5.82 Å². The number of benzene rings is 1. The van der Waals surface area contributed by atoms with E-state index in [-0.39, 0.29) is 6.04 Å². The summed E-state index contributed by atoms with van der Waals surface area (Å²) in [6, 6.07) is 7.25. The Kier molecular flexibility index (Phi) is 3.55. The van der Waals surface area contributed by atoms with Gasteiger partial charge in [-0.1, -0.05) is 18.9 Å². The zero-order valence-corrected chi connectivity index (χ0v) is 12.8. The van der Waals surface area contributed by atoms with Crippen LogP contribution in [0.3, 0.4) is 0 Å². The maximum atomic E-state index is 6.38. The van der Waals surface area contributed by atoms with Gasteiger partial charge in [0.2, 0.25) is 0 Å². The van der Waals surface area contributed by atoms with Crippen LogP contribution < -0.4 is 5.73 Å². The van der Waals surface area contributed by atoms with Crippen molar-refractivity contribution in [1.82, 2.24) is 9.55 Å². The average Bonchev–Trinajstić information content (AvgIpc) is 2.77. The van der Waals surface area contributed by atoms with Crippen molar-refractivity contribution in [1.29, 1.82) is 0 Å². The number of nitrogens with two attached hydrogens (primary N) is 1. The van der Waals surface area contributed by atoms with E-state index in [9.17, 15) is 0 Å². The lowest BCUT2D eigenvalue weighted by Gasteiger charge is -2.29. The molecule has 0 amide bonds. The third-order valence-corrected chi connectivity index (χ3v) is 4.54.